The predicted molar refractivity (Wildman–Crippen MR) is 128 cm³/mol. The average molecular weight is 508 g/mol. The topological polar surface area (TPSA) is 193 Å². The van der Waals surface area contributed by atoms with Crippen molar-refractivity contribution in [2.45, 2.75) is 44.8 Å². The number of hydrogen-bond donors (Lipinski definition) is 5. The number of amidine groups is 1. The van der Waals surface area contributed by atoms with Crippen LogP contribution in [0.4, 0.5) is 4.79 Å². The van der Waals surface area contributed by atoms with E-state index in [0.717, 1.165) is 0 Å². The molecule has 1 aliphatic heterocycles. The lowest BCUT2D eigenvalue weighted by atomic mass is 10.0. The molecular formula is C23H33N5O8. The number of carbonyl (C=O) groups excluding carboxylic acids is 3. The van der Waals surface area contributed by atoms with Crippen LogP contribution in [0.5, 0.6) is 0 Å². The molecular weight excluding hydrogens is 474 g/mol. The number of nitrogens with zero attached hydrogens (tertiary/aromatic N) is 2. The van der Waals surface area contributed by atoms with Crippen LogP contribution in [-0.4, -0.2) is 89.9 Å². The van der Waals surface area contributed by atoms with Gasteiger partial charge in [-0.15, -0.1) is 0 Å². The van der Waals surface area contributed by atoms with Gasteiger partial charge in [-0.05, 0) is 44.7 Å². The van der Waals surface area contributed by atoms with E-state index in [1.807, 2.05) is 0 Å². The van der Waals surface area contributed by atoms with Crippen LogP contribution in [0, 0.1) is 0 Å². The number of alkyl carbamates (subject to hydrolysis) is 1. The molecule has 0 bridgehead atoms. The summed E-state index contributed by atoms with van der Waals surface area (Å²) < 4.78 is 10.1. The Morgan fingerprint density at radius 1 is 1.17 bits per heavy atom. The Balaban J connectivity index is 2.02. The molecule has 1 atom stereocenters. The zero-order valence-electron chi connectivity index (χ0n) is 20.1. The second-order valence-corrected chi connectivity index (χ2v) is 8.11. The first-order valence-electron chi connectivity index (χ1n) is 11.7. The summed E-state index contributed by atoms with van der Waals surface area (Å²) in [6.07, 6.45) is 0.850. The van der Waals surface area contributed by atoms with Gasteiger partial charge in [0, 0.05) is 30.8 Å². The largest absolute Gasteiger partial charge is 0.480 e. The third kappa shape index (κ3) is 9.06. The number of hydrogen-bond acceptors (Lipinski definition) is 8. The van der Waals surface area contributed by atoms with Crippen LogP contribution in [0.15, 0.2) is 29.4 Å². The van der Waals surface area contributed by atoms with Gasteiger partial charge < -0.3 is 41.1 Å². The minimum absolute atomic E-state index is 0.0974. The van der Waals surface area contributed by atoms with Gasteiger partial charge in [0.1, 0.15) is 12.6 Å². The molecule has 13 heteroatoms. The van der Waals surface area contributed by atoms with E-state index >= 15 is 0 Å². The lowest BCUT2D eigenvalue weighted by molar-refractivity contribution is -0.147. The van der Waals surface area contributed by atoms with Gasteiger partial charge in [-0.3, -0.25) is 9.59 Å². The van der Waals surface area contributed by atoms with Crippen LogP contribution in [0.2, 0.25) is 0 Å². The van der Waals surface area contributed by atoms with Gasteiger partial charge in [0.15, 0.2) is 5.84 Å². The monoisotopic (exact) mass is 507 g/mol. The minimum atomic E-state index is -1.05. The molecule has 1 fully saturated rings. The maximum Gasteiger partial charge on any atom is 0.407 e. The standard InChI is InChI=1S/C23H33N5O8/c1-2-35-23(33)25-11-3-4-18(22(32)28-12-9-17(10-13-28)36-14-19(29)30)26-21(31)16-7-5-15(6-8-16)20(24)27-34/h5-8,17-18,34H,2-4,9-14H2,1H3,(H2,24,27)(H,25,33)(H,26,31)(H,29,30). The lowest BCUT2D eigenvalue weighted by Gasteiger charge is -2.34. The Kier molecular flexibility index (Phi) is 11.4. The van der Waals surface area contributed by atoms with Crippen molar-refractivity contribution in [2.75, 3.05) is 32.8 Å². The Labute approximate surface area is 208 Å². The Bertz CT molecular complexity index is 929. The number of rotatable bonds is 12. The molecule has 36 heavy (non-hydrogen) atoms. The van der Waals surface area contributed by atoms with Crippen molar-refractivity contribution in [2.24, 2.45) is 10.9 Å². The minimum Gasteiger partial charge on any atom is -0.480 e. The molecule has 198 valence electrons. The SMILES string of the molecule is CCOC(=O)NCCCC(NC(=O)c1ccc(/C(N)=N/O)cc1)C(=O)N1CCC(OCC(=O)O)CC1. The van der Waals surface area contributed by atoms with Gasteiger partial charge in [0.25, 0.3) is 5.91 Å². The number of benzene rings is 1. The number of carboxylic acids is 1. The van der Waals surface area contributed by atoms with Crippen LogP contribution < -0.4 is 16.4 Å². The number of piperidine rings is 1. The van der Waals surface area contributed by atoms with E-state index in [9.17, 15) is 19.2 Å². The number of oxime groups is 1. The summed E-state index contributed by atoms with van der Waals surface area (Å²) in [5, 5.41) is 25.8. The van der Waals surface area contributed by atoms with Crippen molar-refractivity contribution >= 4 is 29.7 Å². The van der Waals surface area contributed by atoms with Gasteiger partial charge in [0.2, 0.25) is 5.91 Å². The third-order valence-corrected chi connectivity index (χ3v) is 5.56. The quantitative estimate of drug-likeness (QED) is 0.0880. The highest BCUT2D eigenvalue weighted by molar-refractivity contribution is 6.00. The molecule has 1 saturated heterocycles. The van der Waals surface area contributed by atoms with Crippen LogP contribution in [0.3, 0.4) is 0 Å². The van der Waals surface area contributed by atoms with Gasteiger partial charge in [-0.2, -0.15) is 0 Å². The highest BCUT2D eigenvalue weighted by atomic mass is 16.5. The Hall–Kier alpha value is -3.87. The summed E-state index contributed by atoms with van der Waals surface area (Å²) >= 11 is 0. The fraction of sp³-hybridized carbons (Fsp3) is 0.522. The summed E-state index contributed by atoms with van der Waals surface area (Å²) in [7, 11) is 0. The van der Waals surface area contributed by atoms with Crippen molar-refractivity contribution in [3.63, 3.8) is 0 Å². The number of nitrogens with one attached hydrogen (secondary N) is 2. The van der Waals surface area contributed by atoms with Gasteiger partial charge >= 0.3 is 12.1 Å². The second-order valence-electron chi connectivity index (χ2n) is 8.11. The molecule has 2 rings (SSSR count). The first kappa shape index (κ1) is 28.4. The maximum atomic E-state index is 13.3. The molecule has 1 unspecified atom stereocenters. The number of nitrogens with two attached hydrogens (primary N) is 1. The molecule has 1 aromatic carbocycles. The summed E-state index contributed by atoms with van der Waals surface area (Å²) in [5.41, 5.74) is 6.26. The van der Waals surface area contributed by atoms with Crippen LogP contribution in [0.25, 0.3) is 0 Å². The smallest absolute Gasteiger partial charge is 0.407 e. The van der Waals surface area contributed by atoms with Crippen molar-refractivity contribution in [3.8, 4) is 0 Å². The Morgan fingerprint density at radius 3 is 2.39 bits per heavy atom. The predicted octanol–water partition coefficient (Wildman–Crippen LogP) is 0.498. The number of carboxylic acid groups (broad SMARTS) is 1. The molecule has 0 aromatic heterocycles. The molecule has 0 aliphatic carbocycles. The highest BCUT2D eigenvalue weighted by Gasteiger charge is 2.30. The van der Waals surface area contributed by atoms with E-state index in [2.05, 4.69) is 15.8 Å². The fourth-order valence-corrected chi connectivity index (χ4v) is 3.68. The van der Waals surface area contributed by atoms with E-state index in [1.165, 1.54) is 24.3 Å². The lowest BCUT2D eigenvalue weighted by Crippen LogP contribution is -2.51. The Morgan fingerprint density at radius 2 is 1.81 bits per heavy atom. The zero-order valence-corrected chi connectivity index (χ0v) is 20.1. The normalized spacial score (nSPS) is 15.1. The van der Waals surface area contributed by atoms with Crippen molar-refractivity contribution in [1.82, 2.24) is 15.5 Å². The number of ether oxygens (including phenoxy) is 2. The molecule has 1 aromatic rings. The van der Waals surface area contributed by atoms with E-state index in [1.54, 1.807) is 11.8 Å². The molecule has 1 heterocycles. The molecule has 1 aliphatic rings. The number of aliphatic carboxylic acids is 1. The zero-order chi connectivity index (χ0) is 26.5. The number of likely N-dealkylation sites (tertiary alicyclic amines) is 1. The molecule has 0 spiro atoms. The van der Waals surface area contributed by atoms with E-state index in [4.69, 9.17) is 25.5 Å². The number of carbonyl (C=O) groups is 4. The summed E-state index contributed by atoms with van der Waals surface area (Å²) in [6.45, 7) is 2.54. The van der Waals surface area contributed by atoms with Gasteiger partial charge in [0.05, 0.1) is 12.7 Å². The summed E-state index contributed by atoms with van der Waals surface area (Å²) in [5.74, 6) is -1.89. The van der Waals surface area contributed by atoms with Gasteiger partial charge in [-0.25, -0.2) is 9.59 Å². The van der Waals surface area contributed by atoms with Crippen molar-refractivity contribution < 1.29 is 39.0 Å². The van der Waals surface area contributed by atoms with Crippen LogP contribution >= 0.6 is 0 Å². The first-order chi connectivity index (χ1) is 17.2. The fourth-order valence-electron chi connectivity index (χ4n) is 3.68. The molecule has 0 saturated carbocycles. The molecule has 3 amide bonds. The third-order valence-electron chi connectivity index (χ3n) is 5.56. The number of amides is 3. The van der Waals surface area contributed by atoms with Crippen molar-refractivity contribution in [3.05, 3.63) is 35.4 Å². The molecule has 13 nitrogen and oxygen atoms in total. The van der Waals surface area contributed by atoms with E-state index < -0.39 is 24.0 Å². The van der Waals surface area contributed by atoms with Crippen LogP contribution in [-0.2, 0) is 19.1 Å². The van der Waals surface area contributed by atoms with E-state index in [-0.39, 0.29) is 49.6 Å². The van der Waals surface area contributed by atoms with E-state index in [0.29, 0.717) is 37.9 Å². The van der Waals surface area contributed by atoms with Crippen LogP contribution in [0.1, 0.15) is 48.5 Å². The molecule has 6 N–H and O–H groups in total. The maximum absolute atomic E-state index is 13.3. The summed E-state index contributed by atoms with van der Waals surface area (Å²) in [4.78, 5) is 49.9. The second kappa shape index (κ2) is 14.5. The van der Waals surface area contributed by atoms with Gasteiger partial charge in [-0.1, -0.05) is 17.3 Å². The summed E-state index contributed by atoms with van der Waals surface area (Å²) in [6, 6.07) is 5.19. The molecule has 0 radical (unpaired) electrons. The first-order valence-corrected chi connectivity index (χ1v) is 11.7. The average Bonchev–Trinajstić information content (AvgIpc) is 2.88. The highest BCUT2D eigenvalue weighted by Crippen LogP contribution is 2.16. The van der Waals surface area contributed by atoms with Crippen molar-refractivity contribution in [1.29, 1.82) is 0 Å².